The zero-order chi connectivity index (χ0) is 13.9. The normalized spacial score (nSPS) is 24.2. The number of rotatable bonds is 4. The Morgan fingerprint density at radius 1 is 1.11 bits per heavy atom. The van der Waals surface area contributed by atoms with Gasteiger partial charge in [-0.05, 0) is 37.7 Å². The van der Waals surface area contributed by atoms with Crippen molar-refractivity contribution in [3.63, 3.8) is 0 Å². The predicted octanol–water partition coefficient (Wildman–Crippen LogP) is 4.09. The number of hydrogen-bond donors (Lipinski definition) is 0. The minimum absolute atomic E-state index is 0.00468. The maximum atomic E-state index is 12.9. The van der Waals surface area contributed by atoms with Crippen molar-refractivity contribution in [1.82, 2.24) is 0 Å². The van der Waals surface area contributed by atoms with E-state index in [2.05, 4.69) is 6.92 Å². The van der Waals surface area contributed by atoms with Crippen molar-refractivity contribution in [2.45, 2.75) is 45.1 Å². The van der Waals surface area contributed by atoms with Crippen LogP contribution in [0.1, 0.15) is 39.0 Å². The molecule has 106 valence electrons. The number of para-hydroxylation sites is 1. The van der Waals surface area contributed by atoms with E-state index < -0.39 is 12.4 Å². The van der Waals surface area contributed by atoms with E-state index in [4.69, 9.17) is 4.74 Å². The first kappa shape index (κ1) is 14.3. The lowest BCUT2D eigenvalue weighted by Gasteiger charge is -2.30. The smallest absolute Gasteiger partial charge is 0.493 e. The molecule has 19 heavy (non-hydrogen) atoms. The van der Waals surface area contributed by atoms with Gasteiger partial charge in [0.2, 0.25) is 0 Å². The average Bonchev–Trinajstić information content (AvgIpc) is 2.39. The molecule has 0 radical (unpaired) electrons. The second-order valence-electron chi connectivity index (χ2n) is 5.28. The Balaban J connectivity index is 2.04. The Bertz CT molecular complexity index is 411. The second-order valence-corrected chi connectivity index (χ2v) is 5.28. The lowest BCUT2D eigenvalue weighted by molar-refractivity contribution is 0.130. The third-order valence-electron chi connectivity index (χ3n) is 3.94. The highest BCUT2D eigenvalue weighted by atomic mass is 19.4. The Hall–Kier alpha value is -1.13. The summed E-state index contributed by atoms with van der Waals surface area (Å²) < 4.78 is 44.3. The van der Waals surface area contributed by atoms with Gasteiger partial charge in [0.15, 0.2) is 0 Å². The van der Waals surface area contributed by atoms with Crippen molar-refractivity contribution >= 4 is 12.4 Å². The average molecular weight is 271 g/mol. The molecule has 1 saturated carbocycles. The molecule has 0 spiro atoms. The van der Waals surface area contributed by atoms with Crippen LogP contribution in [0.4, 0.5) is 12.9 Å². The third-order valence-corrected chi connectivity index (χ3v) is 3.94. The Labute approximate surface area is 112 Å². The lowest BCUT2D eigenvalue weighted by Crippen LogP contribution is -2.37. The van der Waals surface area contributed by atoms with Crippen molar-refractivity contribution in [2.24, 2.45) is 5.92 Å². The minimum Gasteiger partial charge on any atom is -0.493 e. The van der Waals surface area contributed by atoms with E-state index in [1.807, 2.05) is 0 Å². The molecule has 0 saturated heterocycles. The number of halogens is 3. The topological polar surface area (TPSA) is 9.23 Å². The molecular weight excluding hydrogens is 252 g/mol. The molecule has 0 atom stereocenters. The van der Waals surface area contributed by atoms with Gasteiger partial charge >= 0.3 is 6.98 Å². The fourth-order valence-corrected chi connectivity index (χ4v) is 2.70. The van der Waals surface area contributed by atoms with Crippen LogP contribution in [0.15, 0.2) is 24.3 Å². The summed E-state index contributed by atoms with van der Waals surface area (Å²) in [6.07, 6.45) is 4.91. The molecule has 0 unspecified atom stereocenters. The summed E-state index contributed by atoms with van der Waals surface area (Å²) in [7, 11) is 0. The van der Waals surface area contributed by atoms with Gasteiger partial charge < -0.3 is 17.7 Å². The second kappa shape index (κ2) is 5.89. The highest BCUT2D eigenvalue weighted by molar-refractivity contribution is 6.74. The number of benzene rings is 1. The summed E-state index contributed by atoms with van der Waals surface area (Å²) in [5, 5.41) is 0. The molecule has 1 aromatic rings. The van der Waals surface area contributed by atoms with Gasteiger partial charge in [0.1, 0.15) is 0 Å². The highest BCUT2D eigenvalue weighted by Crippen LogP contribution is 2.29. The van der Waals surface area contributed by atoms with Crippen LogP contribution >= 0.6 is 0 Å². The van der Waals surface area contributed by atoms with Crippen molar-refractivity contribution in [1.29, 1.82) is 0 Å². The van der Waals surface area contributed by atoms with Crippen LogP contribution < -0.4 is 10.2 Å². The standard InChI is InChI=1S/C14H19BF3O/c1-2-11-7-9-12(10-8-11)19-14-6-4-3-5-13(14)15(16,17)18/h3-6,11-12H,2,7-10H2,1H3/q-1. The fourth-order valence-electron chi connectivity index (χ4n) is 2.70. The SMILES string of the molecule is CCC1CCC(Oc2ccccc2[B-](F)(F)F)CC1. The van der Waals surface area contributed by atoms with E-state index >= 15 is 0 Å². The first-order valence-corrected chi connectivity index (χ1v) is 6.96. The first-order valence-electron chi connectivity index (χ1n) is 6.96. The number of ether oxygens (including phenoxy) is 1. The number of hydrogen-bond acceptors (Lipinski definition) is 1. The lowest BCUT2D eigenvalue weighted by atomic mass is 9.79. The van der Waals surface area contributed by atoms with Crippen LogP contribution in [-0.2, 0) is 0 Å². The van der Waals surface area contributed by atoms with Crippen LogP contribution in [0, 0.1) is 5.92 Å². The quantitative estimate of drug-likeness (QED) is 0.749. The molecule has 1 aliphatic carbocycles. The summed E-state index contributed by atoms with van der Waals surface area (Å²) in [4.78, 5) is 0. The summed E-state index contributed by atoms with van der Waals surface area (Å²) in [5.74, 6) is 0.705. The summed E-state index contributed by atoms with van der Waals surface area (Å²) in [5.41, 5.74) is -0.611. The van der Waals surface area contributed by atoms with Crippen LogP contribution in [-0.4, -0.2) is 13.1 Å². The molecule has 2 rings (SSSR count). The van der Waals surface area contributed by atoms with Gasteiger partial charge in [0.25, 0.3) is 0 Å². The van der Waals surface area contributed by atoms with Gasteiger partial charge in [-0.1, -0.05) is 37.0 Å². The fraction of sp³-hybridized carbons (Fsp3) is 0.571. The predicted molar refractivity (Wildman–Crippen MR) is 71.8 cm³/mol. The van der Waals surface area contributed by atoms with E-state index in [9.17, 15) is 12.9 Å². The summed E-state index contributed by atoms with van der Waals surface area (Å²) in [6, 6.07) is 5.53. The molecule has 1 nitrogen and oxygen atoms in total. The molecular formula is C14H19BF3O-. The molecule has 0 bridgehead atoms. The molecule has 0 aromatic heterocycles. The van der Waals surface area contributed by atoms with E-state index in [0.717, 1.165) is 38.2 Å². The molecule has 1 aliphatic rings. The van der Waals surface area contributed by atoms with Gasteiger partial charge in [0, 0.05) is 0 Å². The van der Waals surface area contributed by atoms with Gasteiger partial charge in [0.05, 0.1) is 11.9 Å². The van der Waals surface area contributed by atoms with Gasteiger partial charge in [-0.15, -0.1) is 0 Å². The maximum Gasteiger partial charge on any atom is 0.513 e. The molecule has 1 aromatic carbocycles. The Morgan fingerprint density at radius 2 is 1.74 bits per heavy atom. The zero-order valence-electron chi connectivity index (χ0n) is 11.1. The largest absolute Gasteiger partial charge is 0.513 e. The van der Waals surface area contributed by atoms with Crippen molar-refractivity contribution < 1.29 is 17.7 Å². The van der Waals surface area contributed by atoms with Crippen LogP contribution in [0.2, 0.25) is 0 Å². The summed E-state index contributed by atoms with van der Waals surface area (Å²) >= 11 is 0. The zero-order valence-corrected chi connectivity index (χ0v) is 11.1. The molecule has 5 heteroatoms. The van der Waals surface area contributed by atoms with Crippen molar-refractivity contribution in [3.8, 4) is 5.75 Å². The van der Waals surface area contributed by atoms with E-state index in [-0.39, 0.29) is 11.9 Å². The summed E-state index contributed by atoms with van der Waals surface area (Å²) in [6.45, 7) is -2.85. The van der Waals surface area contributed by atoms with Gasteiger partial charge in [-0.3, -0.25) is 0 Å². The molecule has 0 heterocycles. The van der Waals surface area contributed by atoms with E-state index in [1.165, 1.54) is 12.1 Å². The molecule has 0 amide bonds. The van der Waals surface area contributed by atoms with E-state index in [1.54, 1.807) is 6.07 Å². The van der Waals surface area contributed by atoms with Crippen molar-refractivity contribution in [2.75, 3.05) is 0 Å². The van der Waals surface area contributed by atoms with Crippen LogP contribution in [0.3, 0.4) is 0 Å². The van der Waals surface area contributed by atoms with Gasteiger partial charge in [-0.2, -0.15) is 0 Å². The molecule has 0 N–H and O–H groups in total. The minimum atomic E-state index is -5.01. The Morgan fingerprint density at radius 3 is 2.32 bits per heavy atom. The van der Waals surface area contributed by atoms with E-state index in [0.29, 0.717) is 5.92 Å². The van der Waals surface area contributed by atoms with Crippen molar-refractivity contribution in [3.05, 3.63) is 24.3 Å². The van der Waals surface area contributed by atoms with Crippen LogP contribution in [0.5, 0.6) is 5.75 Å². The first-order chi connectivity index (χ1) is 9.00. The Kier molecular flexibility index (Phi) is 4.43. The molecule has 1 fully saturated rings. The van der Waals surface area contributed by atoms with Gasteiger partial charge in [-0.25, -0.2) is 0 Å². The molecule has 0 aliphatic heterocycles. The van der Waals surface area contributed by atoms with Crippen LogP contribution in [0.25, 0.3) is 0 Å². The highest BCUT2D eigenvalue weighted by Gasteiger charge is 2.30. The monoisotopic (exact) mass is 271 g/mol. The third kappa shape index (κ3) is 3.67. The maximum absolute atomic E-state index is 12.9.